The van der Waals surface area contributed by atoms with E-state index in [9.17, 15) is 4.79 Å². The summed E-state index contributed by atoms with van der Waals surface area (Å²) in [6.45, 7) is 6.02. The Kier molecular flexibility index (Phi) is 5.83. The number of nitrogens with one attached hydrogen (secondary N) is 2. The van der Waals surface area contributed by atoms with Crippen LogP contribution in [0, 0.1) is 0 Å². The Morgan fingerprint density at radius 1 is 1.40 bits per heavy atom. The highest BCUT2D eigenvalue weighted by molar-refractivity contribution is 7.98. The van der Waals surface area contributed by atoms with Crippen LogP contribution in [-0.2, 0) is 4.79 Å². The molecule has 0 aromatic heterocycles. The molecule has 0 heterocycles. The van der Waals surface area contributed by atoms with Gasteiger partial charge >= 0.3 is 0 Å². The molecule has 1 rings (SSSR count). The normalized spacial score (nSPS) is 11.0. The van der Waals surface area contributed by atoms with Crippen LogP contribution in [-0.4, -0.2) is 29.2 Å². The molecule has 0 aliphatic rings. The van der Waals surface area contributed by atoms with Crippen molar-refractivity contribution < 1.29 is 4.79 Å². The highest BCUT2D eigenvalue weighted by Gasteiger charge is 2.15. The van der Waals surface area contributed by atoms with E-state index < -0.39 is 0 Å². The average Bonchev–Trinajstić information content (AvgIpc) is 2.33. The highest BCUT2D eigenvalue weighted by Crippen LogP contribution is 2.26. The van der Waals surface area contributed by atoms with Crippen molar-refractivity contribution in [3.8, 4) is 0 Å². The topological polar surface area (TPSA) is 67.2 Å². The standard InChI is InChI=1S/C14H21N3OS2/c1-14(2,3)17-11(18)8-16-9-6-5-7-10(20-4)12(9)13(15)19/h5-7,16H,8H2,1-4H3,(H2,15,19)(H,17,18). The van der Waals surface area contributed by atoms with Crippen molar-refractivity contribution >= 4 is 40.6 Å². The predicted octanol–water partition coefficient (Wildman–Crippen LogP) is 2.37. The number of rotatable bonds is 5. The molecule has 20 heavy (non-hydrogen) atoms. The van der Waals surface area contributed by atoms with Gasteiger partial charge in [0.1, 0.15) is 4.99 Å². The Balaban J connectivity index is 2.83. The minimum absolute atomic E-state index is 0.0686. The molecule has 0 saturated heterocycles. The molecule has 0 spiro atoms. The number of carbonyl (C=O) groups excluding carboxylic acids is 1. The largest absolute Gasteiger partial charge is 0.389 e. The maximum Gasteiger partial charge on any atom is 0.239 e. The van der Waals surface area contributed by atoms with Gasteiger partial charge in [0.2, 0.25) is 5.91 Å². The van der Waals surface area contributed by atoms with Gasteiger partial charge in [-0.25, -0.2) is 0 Å². The fourth-order valence-corrected chi connectivity index (χ4v) is 2.66. The van der Waals surface area contributed by atoms with Crippen LogP contribution in [0.15, 0.2) is 23.1 Å². The number of hydrogen-bond acceptors (Lipinski definition) is 4. The molecule has 1 aromatic rings. The lowest BCUT2D eigenvalue weighted by Crippen LogP contribution is -2.43. The van der Waals surface area contributed by atoms with E-state index in [0.29, 0.717) is 4.99 Å². The van der Waals surface area contributed by atoms with E-state index >= 15 is 0 Å². The van der Waals surface area contributed by atoms with Gasteiger partial charge in [-0.15, -0.1) is 11.8 Å². The molecule has 0 aliphatic heterocycles. The number of thiocarbonyl (C=S) groups is 1. The zero-order chi connectivity index (χ0) is 15.3. The Labute approximate surface area is 129 Å². The Morgan fingerprint density at radius 3 is 2.55 bits per heavy atom. The zero-order valence-electron chi connectivity index (χ0n) is 12.2. The maximum atomic E-state index is 11.8. The molecule has 0 bridgehead atoms. The summed E-state index contributed by atoms with van der Waals surface area (Å²) in [4.78, 5) is 13.2. The third-order valence-corrected chi connectivity index (χ3v) is 3.43. The number of benzene rings is 1. The third kappa shape index (κ3) is 5.02. The lowest BCUT2D eigenvalue weighted by molar-refractivity contribution is -0.120. The van der Waals surface area contributed by atoms with Crippen LogP contribution in [0.25, 0.3) is 0 Å². The number of carbonyl (C=O) groups is 1. The van der Waals surface area contributed by atoms with Gasteiger partial charge in [-0.1, -0.05) is 18.3 Å². The van der Waals surface area contributed by atoms with E-state index in [1.54, 1.807) is 11.8 Å². The van der Waals surface area contributed by atoms with Gasteiger partial charge in [0, 0.05) is 21.7 Å². The lowest BCUT2D eigenvalue weighted by Gasteiger charge is -2.21. The van der Waals surface area contributed by atoms with Crippen LogP contribution in [0.2, 0.25) is 0 Å². The van der Waals surface area contributed by atoms with Crippen LogP contribution in [0.3, 0.4) is 0 Å². The van der Waals surface area contributed by atoms with Crippen LogP contribution >= 0.6 is 24.0 Å². The van der Waals surface area contributed by atoms with Crippen molar-refractivity contribution in [1.29, 1.82) is 0 Å². The summed E-state index contributed by atoms with van der Waals surface area (Å²) >= 11 is 6.67. The van der Waals surface area contributed by atoms with Crippen molar-refractivity contribution in [3.05, 3.63) is 23.8 Å². The molecule has 4 nitrogen and oxygen atoms in total. The first-order chi connectivity index (χ1) is 9.24. The van der Waals surface area contributed by atoms with Gasteiger partial charge in [0.15, 0.2) is 0 Å². The first-order valence-electron chi connectivity index (χ1n) is 6.26. The molecule has 0 aliphatic carbocycles. The van der Waals surface area contributed by atoms with E-state index in [1.165, 1.54) is 0 Å². The minimum atomic E-state index is -0.244. The van der Waals surface area contributed by atoms with Crippen LogP contribution in [0.1, 0.15) is 26.3 Å². The smallest absolute Gasteiger partial charge is 0.239 e. The van der Waals surface area contributed by atoms with E-state index in [4.69, 9.17) is 18.0 Å². The third-order valence-electron chi connectivity index (χ3n) is 2.45. The first kappa shape index (κ1) is 16.8. The molecule has 0 radical (unpaired) electrons. The van der Waals surface area contributed by atoms with Gasteiger partial charge in [0.05, 0.1) is 6.54 Å². The molecule has 6 heteroatoms. The molecule has 1 aromatic carbocycles. The van der Waals surface area contributed by atoms with Gasteiger partial charge in [0.25, 0.3) is 0 Å². The Bertz CT molecular complexity index is 510. The fraction of sp³-hybridized carbons (Fsp3) is 0.429. The Morgan fingerprint density at radius 2 is 2.05 bits per heavy atom. The van der Waals surface area contributed by atoms with E-state index in [2.05, 4.69) is 10.6 Å². The van der Waals surface area contributed by atoms with Crippen LogP contribution < -0.4 is 16.4 Å². The van der Waals surface area contributed by atoms with Crippen LogP contribution in [0.5, 0.6) is 0 Å². The summed E-state index contributed by atoms with van der Waals surface area (Å²) in [6.07, 6.45) is 1.97. The second-order valence-electron chi connectivity index (χ2n) is 5.40. The SMILES string of the molecule is CSc1cccc(NCC(=O)NC(C)(C)C)c1C(N)=S. The second-order valence-corrected chi connectivity index (χ2v) is 6.69. The number of anilines is 1. The summed E-state index contributed by atoms with van der Waals surface area (Å²) in [5.41, 5.74) is 7.11. The number of thioether (sulfide) groups is 1. The van der Waals surface area contributed by atoms with Gasteiger partial charge in [-0.3, -0.25) is 4.79 Å². The molecule has 0 atom stereocenters. The Hall–Kier alpha value is -1.27. The number of amides is 1. The van der Waals surface area contributed by atoms with E-state index in [0.717, 1.165) is 16.1 Å². The quantitative estimate of drug-likeness (QED) is 0.575. The summed E-state index contributed by atoms with van der Waals surface area (Å²) in [6, 6.07) is 5.75. The second kappa shape index (κ2) is 6.95. The van der Waals surface area contributed by atoms with Crippen LogP contribution in [0.4, 0.5) is 5.69 Å². The molecule has 4 N–H and O–H groups in total. The molecule has 0 unspecified atom stereocenters. The number of hydrogen-bond donors (Lipinski definition) is 3. The van der Waals surface area contributed by atoms with Gasteiger partial charge < -0.3 is 16.4 Å². The maximum absolute atomic E-state index is 11.8. The van der Waals surface area contributed by atoms with Crippen molar-refractivity contribution in [3.63, 3.8) is 0 Å². The van der Waals surface area contributed by atoms with Crippen molar-refractivity contribution in [1.82, 2.24) is 5.32 Å². The fourth-order valence-electron chi connectivity index (χ4n) is 1.74. The lowest BCUT2D eigenvalue weighted by atomic mass is 10.1. The van der Waals surface area contributed by atoms with Crippen molar-refractivity contribution in [2.75, 3.05) is 18.1 Å². The first-order valence-corrected chi connectivity index (χ1v) is 7.89. The molecule has 1 amide bonds. The average molecular weight is 311 g/mol. The molecule has 0 fully saturated rings. The zero-order valence-corrected chi connectivity index (χ0v) is 13.9. The molecular formula is C14H21N3OS2. The highest BCUT2D eigenvalue weighted by atomic mass is 32.2. The summed E-state index contributed by atoms with van der Waals surface area (Å²) < 4.78 is 0. The van der Waals surface area contributed by atoms with E-state index in [-0.39, 0.29) is 18.0 Å². The summed E-state index contributed by atoms with van der Waals surface area (Å²) in [5, 5.41) is 5.99. The number of nitrogens with two attached hydrogens (primary N) is 1. The minimum Gasteiger partial charge on any atom is -0.389 e. The molecule has 0 saturated carbocycles. The van der Waals surface area contributed by atoms with Crippen molar-refractivity contribution in [2.45, 2.75) is 31.2 Å². The van der Waals surface area contributed by atoms with Gasteiger partial charge in [-0.2, -0.15) is 0 Å². The molecule has 110 valence electrons. The monoisotopic (exact) mass is 311 g/mol. The van der Waals surface area contributed by atoms with Gasteiger partial charge in [-0.05, 0) is 39.2 Å². The molecular weight excluding hydrogens is 290 g/mol. The summed E-state index contributed by atoms with van der Waals surface area (Å²) in [7, 11) is 0. The predicted molar refractivity (Wildman–Crippen MR) is 90.5 cm³/mol. The summed E-state index contributed by atoms with van der Waals surface area (Å²) in [5.74, 6) is -0.0686. The van der Waals surface area contributed by atoms with Crippen molar-refractivity contribution in [2.24, 2.45) is 5.73 Å². The van der Waals surface area contributed by atoms with E-state index in [1.807, 2.05) is 45.2 Å².